The number of fused-ring (bicyclic) bond motifs is 2. The molecule has 0 aliphatic carbocycles. The quantitative estimate of drug-likeness (QED) is 0.507. The SMILES string of the molecule is Cc1[nH]nc2ncc(C(=O)N3CCCC3C3CCN(C(=O)c4cc5ccccc5[nH]4)C3)cc12. The summed E-state index contributed by atoms with van der Waals surface area (Å²) in [5.74, 6) is 0.347. The molecule has 33 heavy (non-hydrogen) atoms. The van der Waals surface area contributed by atoms with E-state index in [-0.39, 0.29) is 23.8 Å². The third kappa shape index (κ3) is 3.37. The van der Waals surface area contributed by atoms with Gasteiger partial charge in [0.1, 0.15) is 5.69 Å². The molecule has 2 saturated heterocycles. The monoisotopic (exact) mass is 442 g/mol. The van der Waals surface area contributed by atoms with Gasteiger partial charge in [0, 0.05) is 53.9 Å². The molecule has 4 aromatic rings. The summed E-state index contributed by atoms with van der Waals surface area (Å²) in [7, 11) is 0. The topological polar surface area (TPSA) is 98.0 Å². The van der Waals surface area contributed by atoms with Gasteiger partial charge in [0.2, 0.25) is 0 Å². The fraction of sp³-hybridized carbons (Fsp3) is 0.360. The summed E-state index contributed by atoms with van der Waals surface area (Å²) < 4.78 is 0. The number of hydrogen-bond acceptors (Lipinski definition) is 4. The van der Waals surface area contributed by atoms with E-state index in [4.69, 9.17) is 0 Å². The Bertz CT molecular complexity index is 1340. The van der Waals surface area contributed by atoms with E-state index in [1.54, 1.807) is 6.20 Å². The lowest BCUT2D eigenvalue weighted by atomic mass is 9.96. The number of aromatic nitrogens is 4. The van der Waals surface area contributed by atoms with Crippen molar-refractivity contribution in [1.82, 2.24) is 30.0 Å². The van der Waals surface area contributed by atoms with E-state index >= 15 is 0 Å². The molecule has 2 aliphatic rings. The van der Waals surface area contributed by atoms with Crippen molar-refractivity contribution in [3.8, 4) is 0 Å². The molecule has 0 saturated carbocycles. The van der Waals surface area contributed by atoms with Crippen LogP contribution in [0.4, 0.5) is 0 Å². The lowest BCUT2D eigenvalue weighted by molar-refractivity contribution is 0.0680. The number of nitrogens with one attached hydrogen (secondary N) is 2. The first kappa shape index (κ1) is 20.0. The standard InChI is InChI=1S/C25H26N6O2/c1-15-19-11-18(13-26-23(19)29-28-15)24(32)31-9-4-7-22(31)17-8-10-30(14-17)25(33)21-12-16-5-2-3-6-20(16)27-21/h2-3,5-6,11-13,17,22,27H,4,7-10,14H2,1H3,(H,26,28,29). The van der Waals surface area contributed by atoms with E-state index in [1.807, 2.05) is 53.1 Å². The molecule has 2 fully saturated rings. The average molecular weight is 443 g/mol. The van der Waals surface area contributed by atoms with Gasteiger partial charge < -0.3 is 14.8 Å². The summed E-state index contributed by atoms with van der Waals surface area (Å²) in [6.07, 6.45) is 4.51. The first-order valence-electron chi connectivity index (χ1n) is 11.6. The highest BCUT2D eigenvalue weighted by Crippen LogP contribution is 2.32. The number of benzene rings is 1. The van der Waals surface area contributed by atoms with Crippen molar-refractivity contribution in [2.45, 2.75) is 32.2 Å². The number of amides is 2. The number of aromatic amines is 2. The van der Waals surface area contributed by atoms with Gasteiger partial charge in [-0.2, -0.15) is 5.10 Å². The van der Waals surface area contributed by atoms with Crippen LogP contribution in [-0.2, 0) is 0 Å². The number of pyridine rings is 1. The van der Waals surface area contributed by atoms with Gasteiger partial charge in [0.15, 0.2) is 5.65 Å². The van der Waals surface area contributed by atoms with Crippen LogP contribution in [0.2, 0.25) is 0 Å². The van der Waals surface area contributed by atoms with Crippen molar-refractivity contribution in [2.24, 2.45) is 5.92 Å². The molecule has 0 radical (unpaired) electrons. The van der Waals surface area contributed by atoms with Crippen LogP contribution < -0.4 is 0 Å². The molecule has 2 aliphatic heterocycles. The largest absolute Gasteiger partial charge is 0.351 e. The first-order valence-corrected chi connectivity index (χ1v) is 11.6. The second kappa shape index (κ2) is 7.72. The van der Waals surface area contributed by atoms with Gasteiger partial charge in [-0.1, -0.05) is 18.2 Å². The number of likely N-dealkylation sites (tertiary alicyclic amines) is 2. The zero-order valence-electron chi connectivity index (χ0n) is 18.5. The van der Waals surface area contributed by atoms with E-state index in [0.29, 0.717) is 23.4 Å². The predicted molar refractivity (Wildman–Crippen MR) is 125 cm³/mol. The van der Waals surface area contributed by atoms with Gasteiger partial charge in [-0.05, 0) is 50.3 Å². The third-order valence-corrected chi connectivity index (χ3v) is 7.22. The smallest absolute Gasteiger partial charge is 0.270 e. The summed E-state index contributed by atoms with van der Waals surface area (Å²) >= 11 is 0. The summed E-state index contributed by atoms with van der Waals surface area (Å²) in [6.45, 7) is 4.08. The van der Waals surface area contributed by atoms with Crippen LogP contribution in [0.3, 0.4) is 0 Å². The average Bonchev–Trinajstić information content (AvgIpc) is 3.63. The minimum absolute atomic E-state index is 0.0212. The molecular formula is C25H26N6O2. The molecule has 5 heterocycles. The molecule has 3 aromatic heterocycles. The molecule has 6 rings (SSSR count). The Morgan fingerprint density at radius 1 is 1.09 bits per heavy atom. The van der Waals surface area contributed by atoms with Gasteiger partial charge in [-0.3, -0.25) is 14.7 Å². The molecule has 0 spiro atoms. The molecule has 8 heteroatoms. The van der Waals surface area contributed by atoms with E-state index in [2.05, 4.69) is 20.2 Å². The summed E-state index contributed by atoms with van der Waals surface area (Å²) in [4.78, 5) is 38.1. The van der Waals surface area contributed by atoms with Gasteiger partial charge in [-0.15, -0.1) is 0 Å². The van der Waals surface area contributed by atoms with Crippen LogP contribution in [0.5, 0.6) is 0 Å². The minimum Gasteiger partial charge on any atom is -0.351 e. The Labute approximate surface area is 191 Å². The van der Waals surface area contributed by atoms with Crippen LogP contribution >= 0.6 is 0 Å². The zero-order chi connectivity index (χ0) is 22.5. The molecule has 0 bridgehead atoms. The number of carbonyl (C=O) groups is 2. The normalized spacial score (nSPS) is 20.9. The second-order valence-corrected chi connectivity index (χ2v) is 9.22. The van der Waals surface area contributed by atoms with Crippen LogP contribution in [0.1, 0.15) is 45.8 Å². The molecule has 2 amide bonds. The molecular weight excluding hydrogens is 416 g/mol. The Kier molecular flexibility index (Phi) is 4.67. The second-order valence-electron chi connectivity index (χ2n) is 9.22. The molecule has 1 aromatic carbocycles. The molecule has 2 atom stereocenters. The number of hydrogen-bond donors (Lipinski definition) is 2. The molecule has 2 N–H and O–H groups in total. The maximum Gasteiger partial charge on any atom is 0.270 e. The number of carbonyl (C=O) groups excluding carboxylic acids is 2. The van der Waals surface area contributed by atoms with Crippen LogP contribution in [0.15, 0.2) is 42.6 Å². The number of rotatable bonds is 3. The molecule has 168 valence electrons. The van der Waals surface area contributed by atoms with Crippen molar-refractivity contribution in [1.29, 1.82) is 0 Å². The maximum atomic E-state index is 13.4. The van der Waals surface area contributed by atoms with Crippen molar-refractivity contribution < 1.29 is 9.59 Å². The van der Waals surface area contributed by atoms with Gasteiger partial charge in [0.05, 0.1) is 5.56 Å². The predicted octanol–water partition coefficient (Wildman–Crippen LogP) is 3.51. The van der Waals surface area contributed by atoms with Crippen molar-refractivity contribution in [3.05, 3.63) is 59.5 Å². The molecule has 8 nitrogen and oxygen atoms in total. The number of para-hydroxylation sites is 1. The van der Waals surface area contributed by atoms with Crippen molar-refractivity contribution in [2.75, 3.05) is 19.6 Å². The van der Waals surface area contributed by atoms with Gasteiger partial charge in [-0.25, -0.2) is 4.98 Å². The summed E-state index contributed by atoms with van der Waals surface area (Å²) in [5.41, 5.74) is 3.74. The summed E-state index contributed by atoms with van der Waals surface area (Å²) in [6, 6.07) is 11.9. The van der Waals surface area contributed by atoms with Crippen molar-refractivity contribution >= 4 is 33.8 Å². The van der Waals surface area contributed by atoms with E-state index < -0.39 is 0 Å². The number of H-pyrrole nitrogens is 2. The minimum atomic E-state index is 0.0212. The van der Waals surface area contributed by atoms with E-state index in [9.17, 15) is 9.59 Å². The lowest BCUT2D eigenvalue weighted by Gasteiger charge is -2.29. The lowest BCUT2D eigenvalue weighted by Crippen LogP contribution is -2.41. The highest BCUT2D eigenvalue weighted by molar-refractivity contribution is 5.99. The number of nitrogens with zero attached hydrogens (tertiary/aromatic N) is 4. The summed E-state index contributed by atoms with van der Waals surface area (Å²) in [5, 5.41) is 9.01. The Morgan fingerprint density at radius 3 is 2.85 bits per heavy atom. The maximum absolute atomic E-state index is 13.4. The van der Waals surface area contributed by atoms with Gasteiger partial charge >= 0.3 is 0 Å². The fourth-order valence-corrected chi connectivity index (χ4v) is 5.48. The van der Waals surface area contributed by atoms with Crippen LogP contribution in [-0.4, -0.2) is 67.5 Å². The van der Waals surface area contributed by atoms with E-state index in [0.717, 1.165) is 54.3 Å². The fourth-order valence-electron chi connectivity index (χ4n) is 5.48. The zero-order valence-corrected chi connectivity index (χ0v) is 18.5. The first-order chi connectivity index (χ1) is 16.1. The highest BCUT2D eigenvalue weighted by atomic mass is 16.2. The Balaban J connectivity index is 1.18. The van der Waals surface area contributed by atoms with Crippen LogP contribution in [0.25, 0.3) is 21.9 Å². The molecule has 2 unspecified atom stereocenters. The number of aryl methyl sites for hydroxylation is 1. The van der Waals surface area contributed by atoms with Crippen LogP contribution in [0, 0.1) is 12.8 Å². The third-order valence-electron chi connectivity index (χ3n) is 7.22. The van der Waals surface area contributed by atoms with Crippen molar-refractivity contribution in [3.63, 3.8) is 0 Å². The van der Waals surface area contributed by atoms with E-state index in [1.165, 1.54) is 0 Å². The Morgan fingerprint density at radius 2 is 1.97 bits per heavy atom. The highest BCUT2D eigenvalue weighted by Gasteiger charge is 2.39. The Hall–Kier alpha value is -3.68. The van der Waals surface area contributed by atoms with Gasteiger partial charge in [0.25, 0.3) is 11.8 Å².